The van der Waals surface area contributed by atoms with Gasteiger partial charge in [-0.3, -0.25) is 0 Å². The molecule has 1 saturated carbocycles. The Morgan fingerprint density at radius 2 is 0.465 bits per heavy atom. The molecule has 1 fully saturated rings. The summed E-state index contributed by atoms with van der Waals surface area (Å²) < 4.78 is 32.9. The standard InChI is InChI=1S/C94H127NO4P2/c1-9-17-66-91(67-18-10-2,96-74-78-40-30-25-31-41-78)82-50-58-87(59-51-82)100(88-60-52-83(53-61-88)92(68-19-11-3,69-20-12-4)97-75-79-42-32-26-33-43-79)95(86-48-38-29-39-49-86)101(89-62-54-84(55-63-89)93(70-21-13-5,71-22-14-6)98-76-80-44-34-27-35-45-80)90-64-56-85(57-65-90)94(72-23-15-7,73-24-16-8)99-77-81-46-36-28-37-47-81/h25-28,30-37,40-47,50-65,86H,9-24,29,38-39,48-49,66-77H2,1-8H3. The highest BCUT2D eigenvalue weighted by molar-refractivity contribution is 7.84. The molecule has 0 atom stereocenters. The van der Waals surface area contributed by atoms with Crippen LogP contribution in [-0.4, -0.2) is 10.5 Å². The van der Waals surface area contributed by atoms with Gasteiger partial charge in [-0.1, -0.05) is 396 Å². The summed E-state index contributed by atoms with van der Waals surface area (Å²) in [5.74, 6) is 0. The molecule has 0 unspecified atom stereocenters. The fraction of sp³-hybridized carbons (Fsp3) is 0.489. The third-order valence-corrected chi connectivity index (χ3v) is 27.5. The quantitative estimate of drug-likeness (QED) is 0.0356. The molecule has 0 amide bonds. The topological polar surface area (TPSA) is 40.2 Å². The third-order valence-electron chi connectivity index (χ3n) is 21.8. The van der Waals surface area contributed by atoms with Gasteiger partial charge < -0.3 is 18.9 Å². The summed E-state index contributed by atoms with van der Waals surface area (Å²) in [6, 6.07) is 84.5. The third kappa shape index (κ3) is 22.2. The molecule has 0 aliphatic heterocycles. The Kier molecular flexibility index (Phi) is 33.4. The largest absolute Gasteiger partial charge is 0.366 e. The highest BCUT2D eigenvalue weighted by atomic mass is 31.2. The minimum atomic E-state index is -1.18. The van der Waals surface area contributed by atoms with E-state index in [0.717, 1.165) is 167 Å². The fourth-order valence-electron chi connectivity index (χ4n) is 15.6. The van der Waals surface area contributed by atoms with Crippen molar-refractivity contribution in [3.05, 3.63) is 263 Å². The number of rotatable bonds is 47. The minimum Gasteiger partial charge on any atom is -0.366 e. The summed E-state index contributed by atoms with van der Waals surface area (Å²) in [4.78, 5) is 0. The molecule has 7 heteroatoms. The maximum atomic E-state index is 7.43. The molecule has 0 saturated heterocycles. The molecule has 1 aliphatic rings. The van der Waals surface area contributed by atoms with Crippen LogP contribution in [0.5, 0.6) is 0 Å². The van der Waals surface area contributed by atoms with E-state index in [2.05, 4.69) is 278 Å². The Balaban J connectivity index is 1.28. The van der Waals surface area contributed by atoms with Crippen LogP contribution in [0.2, 0.25) is 0 Å². The van der Waals surface area contributed by atoms with Crippen LogP contribution in [0.25, 0.3) is 0 Å². The Hall–Kier alpha value is -5.58. The van der Waals surface area contributed by atoms with Gasteiger partial charge in [-0.05, 0) is 130 Å². The molecular weight excluding hydrogens is 1270 g/mol. The average molecular weight is 1400 g/mol. The summed E-state index contributed by atoms with van der Waals surface area (Å²) in [7, 11) is -2.35. The van der Waals surface area contributed by atoms with Crippen molar-refractivity contribution in [1.82, 2.24) is 4.44 Å². The number of unbranched alkanes of at least 4 members (excludes halogenated alkanes) is 8. The fourth-order valence-corrected chi connectivity index (χ4v) is 21.9. The van der Waals surface area contributed by atoms with E-state index in [0.29, 0.717) is 32.5 Å². The predicted octanol–water partition coefficient (Wildman–Crippen LogP) is 25.9. The van der Waals surface area contributed by atoms with Crippen LogP contribution in [0.15, 0.2) is 218 Å². The molecule has 5 nitrogen and oxygen atoms in total. The van der Waals surface area contributed by atoms with Crippen molar-refractivity contribution in [2.75, 3.05) is 0 Å². The van der Waals surface area contributed by atoms with Gasteiger partial charge in [0.25, 0.3) is 0 Å². The smallest absolute Gasteiger partial charge is 0.0935 e. The van der Waals surface area contributed by atoms with Crippen LogP contribution in [0, 0.1) is 0 Å². The monoisotopic (exact) mass is 1400 g/mol. The summed E-state index contributed by atoms with van der Waals surface area (Å²) in [6.07, 6.45) is 31.8. The highest BCUT2D eigenvalue weighted by Gasteiger charge is 2.42. The average Bonchev–Trinajstić information content (AvgIpc) is 0.754. The van der Waals surface area contributed by atoms with Gasteiger partial charge in [-0.25, -0.2) is 4.44 Å². The molecule has 9 rings (SSSR count). The second-order valence-electron chi connectivity index (χ2n) is 29.3. The summed E-state index contributed by atoms with van der Waals surface area (Å²) in [6.45, 7) is 21.0. The van der Waals surface area contributed by atoms with E-state index in [9.17, 15) is 0 Å². The molecule has 0 spiro atoms. The Bertz CT molecular complexity index is 3010. The van der Waals surface area contributed by atoms with Gasteiger partial charge in [-0.15, -0.1) is 0 Å². The van der Waals surface area contributed by atoms with Crippen molar-refractivity contribution >= 4 is 37.4 Å². The van der Waals surface area contributed by atoms with Crippen LogP contribution in [0.3, 0.4) is 0 Å². The number of hydrogen-bond acceptors (Lipinski definition) is 5. The van der Waals surface area contributed by atoms with Gasteiger partial charge in [0.1, 0.15) is 0 Å². The lowest BCUT2D eigenvalue weighted by Crippen LogP contribution is -2.40. The van der Waals surface area contributed by atoms with Crippen molar-refractivity contribution in [3.8, 4) is 0 Å². The zero-order valence-corrected chi connectivity index (χ0v) is 65.5. The first-order chi connectivity index (χ1) is 49.6. The molecule has 8 aromatic rings. The molecule has 8 aromatic carbocycles. The van der Waals surface area contributed by atoms with Crippen molar-refractivity contribution in [1.29, 1.82) is 0 Å². The molecule has 101 heavy (non-hydrogen) atoms. The first-order valence-electron chi connectivity index (χ1n) is 40.2. The summed E-state index contributed by atoms with van der Waals surface area (Å²) in [5.41, 5.74) is 8.50. The molecule has 0 aromatic heterocycles. The summed E-state index contributed by atoms with van der Waals surface area (Å²) in [5, 5.41) is 5.59. The zero-order chi connectivity index (χ0) is 70.9. The minimum absolute atomic E-state index is 0.342. The maximum absolute atomic E-state index is 7.43. The van der Waals surface area contributed by atoms with E-state index in [4.69, 9.17) is 18.9 Å². The number of benzene rings is 8. The molecular formula is C94H127NO4P2. The van der Waals surface area contributed by atoms with Gasteiger partial charge >= 0.3 is 0 Å². The van der Waals surface area contributed by atoms with Gasteiger partial charge in [0, 0.05) is 22.2 Å². The first-order valence-corrected chi connectivity index (χ1v) is 42.8. The van der Waals surface area contributed by atoms with Gasteiger partial charge in [0.15, 0.2) is 0 Å². The normalized spacial score (nSPS) is 13.5. The van der Waals surface area contributed by atoms with Crippen molar-refractivity contribution in [2.45, 2.75) is 296 Å². The molecule has 1 aliphatic carbocycles. The lowest BCUT2D eigenvalue weighted by atomic mass is 9.83. The lowest BCUT2D eigenvalue weighted by molar-refractivity contribution is -0.0771. The van der Waals surface area contributed by atoms with E-state index < -0.39 is 38.5 Å². The van der Waals surface area contributed by atoms with E-state index >= 15 is 0 Å². The van der Waals surface area contributed by atoms with E-state index in [1.807, 2.05) is 0 Å². The van der Waals surface area contributed by atoms with E-state index in [1.165, 1.54) is 85.0 Å². The zero-order valence-electron chi connectivity index (χ0n) is 63.7. The predicted molar refractivity (Wildman–Crippen MR) is 435 cm³/mol. The second-order valence-corrected chi connectivity index (χ2v) is 33.8. The highest BCUT2D eigenvalue weighted by Crippen LogP contribution is 2.59. The van der Waals surface area contributed by atoms with Gasteiger partial charge in [0.2, 0.25) is 0 Å². The molecule has 0 N–H and O–H groups in total. The van der Waals surface area contributed by atoms with Crippen molar-refractivity contribution < 1.29 is 18.9 Å². The Morgan fingerprint density at radius 3 is 0.653 bits per heavy atom. The van der Waals surface area contributed by atoms with Crippen LogP contribution < -0.4 is 21.2 Å². The van der Waals surface area contributed by atoms with Crippen LogP contribution >= 0.6 is 16.1 Å². The first kappa shape index (κ1) is 79.5. The maximum Gasteiger partial charge on any atom is 0.0935 e. The van der Waals surface area contributed by atoms with Crippen LogP contribution in [0.4, 0.5) is 0 Å². The number of ether oxygens (including phenoxy) is 4. The second kappa shape index (κ2) is 42.4. The number of hydrogen-bond donors (Lipinski definition) is 0. The van der Waals surface area contributed by atoms with Crippen LogP contribution in [0.1, 0.15) is 286 Å². The molecule has 0 heterocycles. The van der Waals surface area contributed by atoms with Crippen molar-refractivity contribution in [2.24, 2.45) is 0 Å². The molecule has 0 bridgehead atoms. The molecule has 0 radical (unpaired) electrons. The van der Waals surface area contributed by atoms with Crippen molar-refractivity contribution in [3.63, 3.8) is 0 Å². The number of nitrogens with zero attached hydrogens (tertiary/aromatic N) is 1. The Labute approximate surface area is 616 Å². The van der Waals surface area contributed by atoms with Gasteiger partial charge in [-0.2, -0.15) is 0 Å². The van der Waals surface area contributed by atoms with Gasteiger partial charge in [0.05, 0.1) is 48.8 Å². The van der Waals surface area contributed by atoms with Crippen LogP contribution in [-0.2, 0) is 67.8 Å². The summed E-state index contributed by atoms with van der Waals surface area (Å²) >= 11 is 0. The SMILES string of the molecule is CCCCC(CCCC)(OCc1ccccc1)c1ccc(P(c2ccc(C(CCCC)(CCCC)OCc3ccccc3)cc2)N(C2CCCCC2)P(c2ccc(C(CCCC)(CCCC)OCc3ccccc3)cc2)c2ccc(C(CCCC)(CCCC)OCc3ccccc3)cc2)cc1. The Morgan fingerprint density at radius 1 is 0.267 bits per heavy atom. The molecule has 542 valence electrons. The lowest BCUT2D eigenvalue weighted by Gasteiger charge is -2.46. The van der Waals surface area contributed by atoms with E-state index in [1.54, 1.807) is 0 Å². The van der Waals surface area contributed by atoms with E-state index in [-0.39, 0.29) is 0 Å².